The lowest BCUT2D eigenvalue weighted by atomic mass is 10.1. The van der Waals surface area contributed by atoms with Crippen LogP contribution in [0.25, 0.3) is 0 Å². The zero-order valence-electron chi connectivity index (χ0n) is 13.0. The third kappa shape index (κ3) is 3.85. The molecule has 1 saturated heterocycles. The fourth-order valence-electron chi connectivity index (χ4n) is 2.59. The number of phenolic OH excluding ortho intramolecular Hbond substituents is 1. The van der Waals surface area contributed by atoms with Gasteiger partial charge < -0.3 is 20.1 Å². The lowest BCUT2D eigenvalue weighted by Gasteiger charge is -2.29. The van der Waals surface area contributed by atoms with Gasteiger partial charge in [-0.25, -0.2) is 4.98 Å². The van der Waals surface area contributed by atoms with Crippen LogP contribution in [0.1, 0.15) is 15.9 Å². The van der Waals surface area contributed by atoms with Crippen LogP contribution < -0.4 is 10.2 Å². The highest BCUT2D eigenvalue weighted by molar-refractivity contribution is 9.10. The minimum Gasteiger partial charge on any atom is -0.507 e. The minimum absolute atomic E-state index is 0.0460. The molecule has 2 heterocycles. The van der Waals surface area contributed by atoms with Gasteiger partial charge in [0.15, 0.2) is 0 Å². The minimum atomic E-state index is -0.328. The molecule has 1 amide bonds. The summed E-state index contributed by atoms with van der Waals surface area (Å²) in [6.07, 6.45) is 1.75. The largest absolute Gasteiger partial charge is 0.507 e. The molecule has 2 aromatic rings. The zero-order chi connectivity index (χ0) is 16.9. The molecule has 0 unspecified atom stereocenters. The molecule has 0 bridgehead atoms. The number of amides is 1. The second kappa shape index (κ2) is 7.63. The first-order valence-electron chi connectivity index (χ1n) is 7.68. The number of phenols is 1. The average molecular weight is 392 g/mol. The molecule has 126 valence electrons. The first-order valence-corrected chi connectivity index (χ1v) is 8.48. The number of anilines is 1. The second-order valence-corrected chi connectivity index (χ2v) is 6.35. The third-order valence-electron chi connectivity index (χ3n) is 3.82. The van der Waals surface area contributed by atoms with Crippen LogP contribution in [-0.2, 0) is 11.3 Å². The van der Waals surface area contributed by atoms with Gasteiger partial charge >= 0.3 is 0 Å². The smallest absolute Gasteiger partial charge is 0.255 e. The normalized spacial score (nSPS) is 14.5. The van der Waals surface area contributed by atoms with Crippen LogP contribution in [0.3, 0.4) is 0 Å². The van der Waals surface area contributed by atoms with E-state index in [0.29, 0.717) is 19.8 Å². The lowest BCUT2D eigenvalue weighted by molar-refractivity contribution is 0.0948. The summed E-state index contributed by atoms with van der Waals surface area (Å²) in [5.74, 6) is 0.487. The van der Waals surface area contributed by atoms with E-state index in [9.17, 15) is 9.90 Å². The molecule has 6 nitrogen and oxygen atoms in total. The summed E-state index contributed by atoms with van der Waals surface area (Å²) in [6, 6.07) is 8.56. The van der Waals surface area contributed by atoms with Crippen molar-refractivity contribution in [2.45, 2.75) is 6.54 Å². The maximum atomic E-state index is 12.3. The highest BCUT2D eigenvalue weighted by Gasteiger charge is 2.17. The Morgan fingerprint density at radius 3 is 2.92 bits per heavy atom. The van der Waals surface area contributed by atoms with Crippen molar-refractivity contribution in [3.8, 4) is 5.75 Å². The molecule has 3 rings (SSSR count). The Hall–Kier alpha value is -2.12. The molecule has 0 radical (unpaired) electrons. The molecule has 1 aromatic carbocycles. The summed E-state index contributed by atoms with van der Waals surface area (Å²) in [6.45, 7) is 3.25. The molecule has 0 atom stereocenters. The van der Waals surface area contributed by atoms with Crippen molar-refractivity contribution >= 4 is 27.7 Å². The number of aromatic nitrogens is 1. The van der Waals surface area contributed by atoms with Crippen molar-refractivity contribution in [3.63, 3.8) is 0 Å². The number of hydrogen-bond acceptors (Lipinski definition) is 5. The summed E-state index contributed by atoms with van der Waals surface area (Å²) in [5, 5.41) is 12.7. The molecule has 0 aliphatic carbocycles. The maximum absolute atomic E-state index is 12.3. The van der Waals surface area contributed by atoms with Crippen LogP contribution in [0.4, 0.5) is 5.82 Å². The van der Waals surface area contributed by atoms with Crippen LogP contribution in [-0.4, -0.2) is 42.3 Å². The van der Waals surface area contributed by atoms with Gasteiger partial charge in [0.05, 0.1) is 18.8 Å². The van der Waals surface area contributed by atoms with Crippen molar-refractivity contribution in [1.29, 1.82) is 0 Å². The molecular formula is C17H18BrN3O3. The molecule has 1 aromatic heterocycles. The van der Waals surface area contributed by atoms with Gasteiger partial charge in [-0.3, -0.25) is 4.79 Å². The summed E-state index contributed by atoms with van der Waals surface area (Å²) in [4.78, 5) is 18.9. The van der Waals surface area contributed by atoms with E-state index in [1.165, 1.54) is 6.07 Å². The van der Waals surface area contributed by atoms with Gasteiger partial charge in [0.25, 0.3) is 5.91 Å². The van der Waals surface area contributed by atoms with Gasteiger partial charge in [-0.15, -0.1) is 0 Å². The number of morpholine rings is 1. The highest BCUT2D eigenvalue weighted by Crippen LogP contribution is 2.22. The number of aromatic hydroxyl groups is 1. The number of ether oxygens (including phenoxy) is 1. The summed E-state index contributed by atoms with van der Waals surface area (Å²) in [7, 11) is 0. The molecule has 1 aliphatic heterocycles. The van der Waals surface area contributed by atoms with Gasteiger partial charge in [-0.2, -0.15) is 0 Å². The van der Waals surface area contributed by atoms with Crippen molar-refractivity contribution in [2.75, 3.05) is 31.2 Å². The molecule has 2 N–H and O–H groups in total. The Balaban J connectivity index is 1.72. The Labute approximate surface area is 148 Å². The number of benzene rings is 1. The fourth-order valence-corrected chi connectivity index (χ4v) is 2.95. The summed E-state index contributed by atoms with van der Waals surface area (Å²) < 4.78 is 6.11. The second-order valence-electron chi connectivity index (χ2n) is 5.43. The van der Waals surface area contributed by atoms with E-state index in [1.54, 1.807) is 18.3 Å². The van der Waals surface area contributed by atoms with Crippen LogP contribution in [0.15, 0.2) is 41.0 Å². The molecule has 1 fully saturated rings. The Morgan fingerprint density at radius 1 is 1.33 bits per heavy atom. The van der Waals surface area contributed by atoms with Crippen molar-refractivity contribution in [2.24, 2.45) is 0 Å². The topological polar surface area (TPSA) is 74.7 Å². The van der Waals surface area contributed by atoms with Crippen LogP contribution >= 0.6 is 15.9 Å². The highest BCUT2D eigenvalue weighted by atomic mass is 79.9. The maximum Gasteiger partial charge on any atom is 0.255 e. The van der Waals surface area contributed by atoms with E-state index in [1.807, 2.05) is 12.1 Å². The van der Waals surface area contributed by atoms with Crippen molar-refractivity contribution in [3.05, 3.63) is 52.1 Å². The van der Waals surface area contributed by atoms with Gasteiger partial charge in [0, 0.05) is 35.9 Å². The average Bonchev–Trinajstić information content (AvgIpc) is 2.62. The Kier molecular flexibility index (Phi) is 5.32. The fraction of sp³-hybridized carbons (Fsp3) is 0.294. The van der Waals surface area contributed by atoms with Crippen molar-refractivity contribution in [1.82, 2.24) is 10.3 Å². The van der Waals surface area contributed by atoms with E-state index in [-0.39, 0.29) is 17.2 Å². The van der Waals surface area contributed by atoms with E-state index in [2.05, 4.69) is 31.1 Å². The van der Waals surface area contributed by atoms with Crippen LogP contribution in [0.5, 0.6) is 5.75 Å². The van der Waals surface area contributed by atoms with E-state index in [4.69, 9.17) is 4.74 Å². The predicted octanol–water partition coefficient (Wildman–Crippen LogP) is 2.32. The van der Waals surface area contributed by atoms with Gasteiger partial charge in [0.1, 0.15) is 11.6 Å². The lowest BCUT2D eigenvalue weighted by Crippen LogP contribution is -2.37. The van der Waals surface area contributed by atoms with Crippen molar-refractivity contribution < 1.29 is 14.6 Å². The standard InChI is InChI=1S/C17H18BrN3O3/c18-13-3-4-15(22)14(10-13)17(23)20-11-12-2-1-5-19-16(12)21-6-8-24-9-7-21/h1-5,10,22H,6-9,11H2,(H,20,23). The van der Waals surface area contributed by atoms with Gasteiger partial charge in [0.2, 0.25) is 0 Å². The van der Waals surface area contributed by atoms with E-state index in [0.717, 1.165) is 28.9 Å². The summed E-state index contributed by atoms with van der Waals surface area (Å²) >= 11 is 3.30. The molecule has 24 heavy (non-hydrogen) atoms. The third-order valence-corrected chi connectivity index (χ3v) is 4.31. The number of hydrogen-bond donors (Lipinski definition) is 2. The quantitative estimate of drug-likeness (QED) is 0.836. The van der Waals surface area contributed by atoms with Gasteiger partial charge in [-0.1, -0.05) is 22.0 Å². The number of rotatable bonds is 4. The molecule has 7 heteroatoms. The first-order chi connectivity index (χ1) is 11.6. The number of nitrogens with one attached hydrogen (secondary N) is 1. The number of carbonyl (C=O) groups excluding carboxylic acids is 1. The van der Waals surface area contributed by atoms with E-state index >= 15 is 0 Å². The number of pyridine rings is 1. The number of carbonyl (C=O) groups is 1. The Bertz CT molecular complexity index is 733. The monoisotopic (exact) mass is 391 g/mol. The first kappa shape index (κ1) is 16.7. The zero-order valence-corrected chi connectivity index (χ0v) is 14.6. The molecule has 0 saturated carbocycles. The number of nitrogens with zero attached hydrogens (tertiary/aromatic N) is 2. The Morgan fingerprint density at radius 2 is 2.12 bits per heavy atom. The molecule has 1 aliphatic rings. The van der Waals surface area contributed by atoms with E-state index < -0.39 is 0 Å². The molecule has 0 spiro atoms. The molecular weight excluding hydrogens is 374 g/mol. The SMILES string of the molecule is O=C(NCc1cccnc1N1CCOCC1)c1cc(Br)ccc1O. The number of halogens is 1. The van der Waals surface area contributed by atoms with Crippen LogP contribution in [0, 0.1) is 0 Å². The van der Waals surface area contributed by atoms with Crippen LogP contribution in [0.2, 0.25) is 0 Å². The summed E-state index contributed by atoms with van der Waals surface area (Å²) in [5.41, 5.74) is 1.17. The van der Waals surface area contributed by atoms with Gasteiger partial charge in [-0.05, 0) is 24.3 Å². The predicted molar refractivity (Wildman–Crippen MR) is 94.2 cm³/mol.